The lowest BCUT2D eigenvalue weighted by molar-refractivity contribution is -0.125. The first-order valence-corrected chi connectivity index (χ1v) is 4.43. The van der Waals surface area contributed by atoms with Crippen molar-refractivity contribution in [2.75, 3.05) is 7.05 Å². The Bertz CT molecular complexity index is 181. The summed E-state index contributed by atoms with van der Waals surface area (Å²) in [6, 6.07) is 0. The largest absolute Gasteiger partial charge is 0.300 e. The van der Waals surface area contributed by atoms with Crippen LogP contribution < -0.4 is 0 Å². The van der Waals surface area contributed by atoms with Crippen LogP contribution in [0.2, 0.25) is 0 Å². The molecule has 56 valence electrons. The molecule has 4 heteroatoms. The molecule has 0 radical (unpaired) electrons. The van der Waals surface area contributed by atoms with Crippen LogP contribution in [0.1, 0.15) is 13.3 Å². The number of thiocarbonyl (C=S) groups is 1. The highest BCUT2D eigenvalue weighted by molar-refractivity contribution is 8.24. The number of carbonyl (C=O) groups is 1. The van der Waals surface area contributed by atoms with Crippen molar-refractivity contribution in [2.45, 2.75) is 18.6 Å². The SMILES string of the molecule is CC[C@@H]1SC(=S)N(C)C1=O. The second kappa shape index (κ2) is 2.88. The Hall–Kier alpha value is -0.0900. The molecule has 0 aromatic rings. The molecule has 0 spiro atoms. The molecule has 2 nitrogen and oxygen atoms in total. The highest BCUT2D eigenvalue weighted by Crippen LogP contribution is 2.27. The molecule has 0 aromatic heterocycles. The second-order valence-electron chi connectivity index (χ2n) is 2.18. The van der Waals surface area contributed by atoms with Gasteiger partial charge in [-0.25, -0.2) is 0 Å². The number of nitrogens with zero attached hydrogens (tertiary/aromatic N) is 1. The summed E-state index contributed by atoms with van der Waals surface area (Å²) in [5.74, 6) is 0.150. The van der Waals surface area contributed by atoms with Gasteiger partial charge in [-0.15, -0.1) is 0 Å². The molecular weight excluding hydrogens is 166 g/mol. The first-order valence-electron chi connectivity index (χ1n) is 3.15. The van der Waals surface area contributed by atoms with E-state index in [0.717, 1.165) is 6.42 Å². The third-order valence-electron chi connectivity index (χ3n) is 1.49. The van der Waals surface area contributed by atoms with E-state index in [4.69, 9.17) is 12.2 Å². The van der Waals surface area contributed by atoms with Crippen LogP contribution in [0.5, 0.6) is 0 Å². The zero-order chi connectivity index (χ0) is 7.72. The number of rotatable bonds is 1. The average Bonchev–Trinajstić information content (AvgIpc) is 2.17. The standard InChI is InChI=1S/C6H9NOS2/c1-3-4-5(8)7(2)6(9)10-4/h4H,3H2,1-2H3/t4-/m0/s1. The molecule has 0 unspecified atom stereocenters. The summed E-state index contributed by atoms with van der Waals surface area (Å²) in [4.78, 5) is 12.7. The molecule has 1 aliphatic rings. The van der Waals surface area contributed by atoms with Gasteiger partial charge in [-0.05, 0) is 6.42 Å². The number of thioether (sulfide) groups is 1. The highest BCUT2D eigenvalue weighted by atomic mass is 32.2. The summed E-state index contributed by atoms with van der Waals surface area (Å²) in [6.45, 7) is 2.00. The van der Waals surface area contributed by atoms with Crippen LogP contribution in [0.25, 0.3) is 0 Å². The topological polar surface area (TPSA) is 20.3 Å². The van der Waals surface area contributed by atoms with Crippen LogP contribution in [-0.2, 0) is 4.79 Å². The summed E-state index contributed by atoms with van der Waals surface area (Å²) in [5.41, 5.74) is 0. The van der Waals surface area contributed by atoms with Gasteiger partial charge < -0.3 is 0 Å². The third-order valence-corrected chi connectivity index (χ3v) is 3.35. The minimum Gasteiger partial charge on any atom is -0.300 e. The van der Waals surface area contributed by atoms with Gasteiger partial charge in [-0.3, -0.25) is 9.69 Å². The molecule has 1 aliphatic heterocycles. The molecule has 1 heterocycles. The molecule has 1 atom stereocenters. The minimum absolute atomic E-state index is 0.0810. The van der Waals surface area contributed by atoms with E-state index in [1.807, 2.05) is 6.92 Å². The van der Waals surface area contributed by atoms with Crippen LogP contribution in [0.3, 0.4) is 0 Å². The van der Waals surface area contributed by atoms with Gasteiger partial charge >= 0.3 is 0 Å². The maximum absolute atomic E-state index is 11.2. The van der Waals surface area contributed by atoms with Crippen molar-refractivity contribution in [3.05, 3.63) is 0 Å². The predicted octanol–water partition coefficient (Wildman–Crippen LogP) is 1.26. The molecule has 0 N–H and O–H groups in total. The van der Waals surface area contributed by atoms with Gasteiger partial charge in [-0.2, -0.15) is 0 Å². The molecule has 10 heavy (non-hydrogen) atoms. The third kappa shape index (κ3) is 1.18. The number of hydrogen-bond donors (Lipinski definition) is 0. The summed E-state index contributed by atoms with van der Waals surface area (Å²) < 4.78 is 0.705. The van der Waals surface area contributed by atoms with E-state index < -0.39 is 0 Å². The molecule has 0 aliphatic carbocycles. The van der Waals surface area contributed by atoms with E-state index in [0.29, 0.717) is 4.32 Å². The van der Waals surface area contributed by atoms with Crippen molar-refractivity contribution < 1.29 is 4.79 Å². The fourth-order valence-corrected chi connectivity index (χ4v) is 2.17. The van der Waals surface area contributed by atoms with E-state index in [-0.39, 0.29) is 11.2 Å². The molecular formula is C6H9NOS2. The quantitative estimate of drug-likeness (QED) is 0.559. The van der Waals surface area contributed by atoms with Crippen molar-refractivity contribution in [2.24, 2.45) is 0 Å². The lowest BCUT2D eigenvalue weighted by Gasteiger charge is -2.05. The number of hydrogen-bond acceptors (Lipinski definition) is 3. The van der Waals surface area contributed by atoms with Crippen LogP contribution in [0.15, 0.2) is 0 Å². The van der Waals surface area contributed by atoms with Crippen LogP contribution >= 0.6 is 24.0 Å². The van der Waals surface area contributed by atoms with Crippen molar-refractivity contribution >= 4 is 34.2 Å². The predicted molar refractivity (Wildman–Crippen MR) is 47.0 cm³/mol. The zero-order valence-electron chi connectivity index (χ0n) is 5.96. The van der Waals surface area contributed by atoms with Gasteiger partial charge in [0.25, 0.3) is 0 Å². The first kappa shape index (κ1) is 8.01. The van der Waals surface area contributed by atoms with E-state index in [2.05, 4.69) is 0 Å². The lowest BCUT2D eigenvalue weighted by Crippen LogP contribution is -2.26. The maximum atomic E-state index is 11.2. The monoisotopic (exact) mass is 175 g/mol. The Balaban J connectivity index is 2.71. The van der Waals surface area contributed by atoms with Gasteiger partial charge in [-0.1, -0.05) is 30.9 Å². The summed E-state index contributed by atoms with van der Waals surface area (Å²) in [5, 5.41) is 0.0810. The molecule has 1 fully saturated rings. The van der Waals surface area contributed by atoms with E-state index in [9.17, 15) is 4.79 Å². The molecule has 0 bridgehead atoms. The smallest absolute Gasteiger partial charge is 0.241 e. The number of carbonyl (C=O) groups excluding carboxylic acids is 1. The first-order chi connectivity index (χ1) is 4.66. The van der Waals surface area contributed by atoms with Gasteiger partial charge in [0.1, 0.15) is 4.32 Å². The van der Waals surface area contributed by atoms with Crippen molar-refractivity contribution in [3.8, 4) is 0 Å². The molecule has 0 aromatic carbocycles. The second-order valence-corrected chi connectivity index (χ2v) is 4.01. The van der Waals surface area contributed by atoms with Crippen molar-refractivity contribution in [3.63, 3.8) is 0 Å². The minimum atomic E-state index is 0.0810. The Morgan fingerprint density at radius 1 is 1.80 bits per heavy atom. The van der Waals surface area contributed by atoms with Crippen LogP contribution in [0, 0.1) is 0 Å². The van der Waals surface area contributed by atoms with Crippen molar-refractivity contribution in [1.29, 1.82) is 0 Å². The Kier molecular flexibility index (Phi) is 2.31. The van der Waals surface area contributed by atoms with E-state index >= 15 is 0 Å². The van der Waals surface area contributed by atoms with Crippen molar-refractivity contribution in [1.82, 2.24) is 4.90 Å². The van der Waals surface area contributed by atoms with Crippen LogP contribution in [-0.4, -0.2) is 27.4 Å². The van der Waals surface area contributed by atoms with E-state index in [1.165, 1.54) is 11.8 Å². The maximum Gasteiger partial charge on any atom is 0.241 e. The Morgan fingerprint density at radius 2 is 2.40 bits per heavy atom. The fraction of sp³-hybridized carbons (Fsp3) is 0.667. The molecule has 1 saturated heterocycles. The van der Waals surface area contributed by atoms with Gasteiger partial charge in [0, 0.05) is 7.05 Å². The molecule has 1 rings (SSSR count). The summed E-state index contributed by atoms with van der Waals surface area (Å²) in [6.07, 6.45) is 0.869. The zero-order valence-corrected chi connectivity index (χ0v) is 7.59. The summed E-state index contributed by atoms with van der Waals surface area (Å²) >= 11 is 6.42. The van der Waals surface area contributed by atoms with Gasteiger partial charge in [0.05, 0.1) is 5.25 Å². The molecule has 1 amide bonds. The van der Waals surface area contributed by atoms with E-state index in [1.54, 1.807) is 11.9 Å². The molecule has 0 saturated carbocycles. The normalized spacial score (nSPS) is 26.2. The fourth-order valence-electron chi connectivity index (χ4n) is 0.815. The average molecular weight is 175 g/mol. The lowest BCUT2D eigenvalue weighted by atomic mass is 10.3. The van der Waals surface area contributed by atoms with Gasteiger partial charge in [0.15, 0.2) is 0 Å². The Morgan fingerprint density at radius 3 is 2.60 bits per heavy atom. The highest BCUT2D eigenvalue weighted by Gasteiger charge is 2.32. The van der Waals surface area contributed by atoms with Gasteiger partial charge in [0.2, 0.25) is 5.91 Å². The van der Waals surface area contributed by atoms with Crippen LogP contribution in [0.4, 0.5) is 0 Å². The summed E-state index contributed by atoms with van der Waals surface area (Å²) in [7, 11) is 1.73. The Labute approximate surface area is 70.0 Å². The number of amides is 1.